The Hall–Kier alpha value is -1.42. The minimum absolute atomic E-state index is 0.113. The van der Waals surface area contributed by atoms with Crippen molar-refractivity contribution < 1.29 is 9.18 Å². The van der Waals surface area contributed by atoms with Crippen LogP contribution < -0.4 is 10.6 Å². The Bertz CT molecular complexity index is 413. The second-order valence-corrected chi connectivity index (χ2v) is 5.41. The van der Waals surface area contributed by atoms with E-state index >= 15 is 0 Å². The molecule has 0 radical (unpaired) electrons. The number of hydrogen-bond acceptors (Lipinski definition) is 2. The fourth-order valence-corrected chi connectivity index (χ4v) is 1.54. The van der Waals surface area contributed by atoms with Gasteiger partial charge in [-0.3, -0.25) is 4.79 Å². The first-order chi connectivity index (χ1) is 8.29. The molecule has 0 fully saturated rings. The normalized spacial score (nSPS) is 13.2. The molecular formula is C14H21FN2O. The average molecular weight is 252 g/mol. The van der Waals surface area contributed by atoms with Crippen molar-refractivity contribution in [3.8, 4) is 0 Å². The quantitative estimate of drug-likeness (QED) is 0.864. The van der Waals surface area contributed by atoms with Gasteiger partial charge >= 0.3 is 0 Å². The highest BCUT2D eigenvalue weighted by atomic mass is 19.1. The van der Waals surface area contributed by atoms with Crippen LogP contribution in [0.25, 0.3) is 0 Å². The van der Waals surface area contributed by atoms with Crippen molar-refractivity contribution in [3.63, 3.8) is 0 Å². The molecule has 100 valence electrons. The first-order valence-corrected chi connectivity index (χ1v) is 6.08. The average Bonchev–Trinajstić information content (AvgIpc) is 2.26. The maximum Gasteiger partial charge on any atom is 0.234 e. The lowest BCUT2D eigenvalue weighted by molar-refractivity contribution is -0.121. The second kappa shape index (κ2) is 5.96. The minimum Gasteiger partial charge on any atom is -0.348 e. The van der Waals surface area contributed by atoms with Crippen LogP contribution in [0.1, 0.15) is 39.3 Å². The Morgan fingerprint density at radius 2 is 1.94 bits per heavy atom. The number of benzene rings is 1. The van der Waals surface area contributed by atoms with E-state index in [1.165, 1.54) is 6.07 Å². The van der Waals surface area contributed by atoms with Crippen LogP contribution >= 0.6 is 0 Å². The molecule has 4 heteroatoms. The van der Waals surface area contributed by atoms with Gasteiger partial charge in [-0.2, -0.15) is 0 Å². The van der Waals surface area contributed by atoms with E-state index in [-0.39, 0.29) is 29.8 Å². The summed E-state index contributed by atoms with van der Waals surface area (Å²) in [4.78, 5) is 11.7. The van der Waals surface area contributed by atoms with Gasteiger partial charge in [0.2, 0.25) is 5.91 Å². The minimum atomic E-state index is -0.333. The smallest absolute Gasteiger partial charge is 0.234 e. The number of rotatable bonds is 4. The summed E-state index contributed by atoms with van der Waals surface area (Å²) < 4.78 is 13.5. The number of halogens is 1. The number of amides is 1. The zero-order chi connectivity index (χ0) is 13.8. The summed E-state index contributed by atoms with van der Waals surface area (Å²) in [6, 6.07) is 6.13. The molecule has 1 aromatic carbocycles. The highest BCUT2D eigenvalue weighted by molar-refractivity contribution is 5.78. The molecule has 1 aromatic rings. The SMILES string of the molecule is CC(NC(=O)CNC(C)(C)C)c1ccccc1F. The summed E-state index contributed by atoms with van der Waals surface area (Å²) >= 11 is 0. The van der Waals surface area contributed by atoms with Gasteiger partial charge in [-0.05, 0) is 33.8 Å². The van der Waals surface area contributed by atoms with Gasteiger partial charge in [-0.25, -0.2) is 4.39 Å². The summed E-state index contributed by atoms with van der Waals surface area (Å²) in [7, 11) is 0. The first-order valence-electron chi connectivity index (χ1n) is 6.08. The van der Waals surface area contributed by atoms with Crippen LogP contribution in [0.2, 0.25) is 0 Å². The largest absolute Gasteiger partial charge is 0.348 e. The molecule has 0 aliphatic rings. The van der Waals surface area contributed by atoms with E-state index in [0.29, 0.717) is 5.56 Å². The van der Waals surface area contributed by atoms with E-state index in [1.54, 1.807) is 25.1 Å². The van der Waals surface area contributed by atoms with Gasteiger partial charge in [0.1, 0.15) is 5.82 Å². The maximum absolute atomic E-state index is 13.5. The van der Waals surface area contributed by atoms with Crippen molar-refractivity contribution in [1.29, 1.82) is 0 Å². The third-order valence-corrected chi connectivity index (χ3v) is 2.53. The molecule has 0 aliphatic carbocycles. The van der Waals surface area contributed by atoms with Crippen molar-refractivity contribution in [3.05, 3.63) is 35.6 Å². The summed E-state index contributed by atoms with van der Waals surface area (Å²) in [6.07, 6.45) is 0. The summed E-state index contributed by atoms with van der Waals surface area (Å²) in [6.45, 7) is 7.96. The molecule has 0 bridgehead atoms. The van der Waals surface area contributed by atoms with Gasteiger partial charge in [0.15, 0.2) is 0 Å². The van der Waals surface area contributed by atoms with Crippen LogP contribution in [0, 0.1) is 5.82 Å². The Morgan fingerprint density at radius 3 is 2.50 bits per heavy atom. The topological polar surface area (TPSA) is 41.1 Å². The Labute approximate surface area is 108 Å². The molecule has 2 N–H and O–H groups in total. The lowest BCUT2D eigenvalue weighted by atomic mass is 10.1. The molecule has 18 heavy (non-hydrogen) atoms. The predicted octanol–water partition coefficient (Wildman–Crippen LogP) is 2.39. The standard InChI is InChI=1S/C14H21FN2O/c1-10(11-7-5-6-8-12(11)15)17-13(18)9-16-14(2,3)4/h5-8,10,16H,9H2,1-4H3,(H,17,18). The Kier molecular flexibility index (Phi) is 4.84. The zero-order valence-electron chi connectivity index (χ0n) is 11.4. The van der Waals surface area contributed by atoms with Crippen LogP contribution in [0.5, 0.6) is 0 Å². The molecule has 1 unspecified atom stereocenters. The molecule has 0 saturated carbocycles. The monoisotopic (exact) mass is 252 g/mol. The molecule has 1 amide bonds. The second-order valence-electron chi connectivity index (χ2n) is 5.41. The molecule has 1 atom stereocenters. The summed E-state index contributed by atoms with van der Waals surface area (Å²) in [5.41, 5.74) is 0.389. The van der Waals surface area contributed by atoms with Gasteiger partial charge in [-0.15, -0.1) is 0 Å². The predicted molar refractivity (Wildman–Crippen MR) is 70.7 cm³/mol. The lowest BCUT2D eigenvalue weighted by Gasteiger charge is -2.21. The molecule has 0 heterocycles. The van der Waals surface area contributed by atoms with Gasteiger partial charge in [0, 0.05) is 11.1 Å². The maximum atomic E-state index is 13.5. The lowest BCUT2D eigenvalue weighted by Crippen LogP contribution is -2.43. The molecule has 0 spiro atoms. The first kappa shape index (κ1) is 14.6. The third kappa shape index (κ3) is 4.84. The van der Waals surface area contributed by atoms with Crippen LogP contribution in [0.4, 0.5) is 4.39 Å². The van der Waals surface area contributed by atoms with Gasteiger partial charge < -0.3 is 10.6 Å². The number of hydrogen-bond donors (Lipinski definition) is 2. The van der Waals surface area contributed by atoms with Crippen LogP contribution in [0.15, 0.2) is 24.3 Å². The van der Waals surface area contributed by atoms with E-state index in [0.717, 1.165) is 0 Å². The van der Waals surface area contributed by atoms with Crippen molar-refractivity contribution in [2.75, 3.05) is 6.54 Å². The van der Waals surface area contributed by atoms with Gasteiger partial charge in [-0.1, -0.05) is 18.2 Å². The van der Waals surface area contributed by atoms with Crippen molar-refractivity contribution in [1.82, 2.24) is 10.6 Å². The Balaban J connectivity index is 2.53. The van der Waals surface area contributed by atoms with Gasteiger partial charge in [0.05, 0.1) is 12.6 Å². The number of nitrogens with one attached hydrogen (secondary N) is 2. The highest BCUT2D eigenvalue weighted by Crippen LogP contribution is 2.15. The van der Waals surface area contributed by atoms with Crippen LogP contribution in [-0.4, -0.2) is 18.0 Å². The van der Waals surface area contributed by atoms with E-state index in [4.69, 9.17) is 0 Å². The van der Waals surface area contributed by atoms with Crippen molar-refractivity contribution in [2.24, 2.45) is 0 Å². The number of carbonyl (C=O) groups excluding carboxylic acids is 1. The zero-order valence-corrected chi connectivity index (χ0v) is 11.4. The highest BCUT2D eigenvalue weighted by Gasteiger charge is 2.15. The fraction of sp³-hybridized carbons (Fsp3) is 0.500. The van der Waals surface area contributed by atoms with Crippen LogP contribution in [0.3, 0.4) is 0 Å². The Morgan fingerprint density at radius 1 is 1.33 bits per heavy atom. The summed E-state index contributed by atoms with van der Waals surface area (Å²) in [5.74, 6) is -0.435. The number of carbonyl (C=O) groups is 1. The molecule has 3 nitrogen and oxygen atoms in total. The molecule has 0 aromatic heterocycles. The molecule has 0 saturated heterocycles. The van der Waals surface area contributed by atoms with E-state index < -0.39 is 0 Å². The third-order valence-electron chi connectivity index (χ3n) is 2.53. The molecular weight excluding hydrogens is 231 g/mol. The van der Waals surface area contributed by atoms with E-state index in [1.807, 2.05) is 20.8 Å². The molecule has 1 rings (SSSR count). The summed E-state index contributed by atoms with van der Waals surface area (Å²) in [5, 5.41) is 5.86. The van der Waals surface area contributed by atoms with E-state index in [2.05, 4.69) is 10.6 Å². The van der Waals surface area contributed by atoms with Crippen LogP contribution in [-0.2, 0) is 4.79 Å². The van der Waals surface area contributed by atoms with Crippen molar-refractivity contribution >= 4 is 5.91 Å². The van der Waals surface area contributed by atoms with Crippen molar-refractivity contribution in [2.45, 2.75) is 39.3 Å². The fourth-order valence-electron chi connectivity index (χ4n) is 1.54. The van der Waals surface area contributed by atoms with E-state index in [9.17, 15) is 9.18 Å². The molecule has 0 aliphatic heterocycles. The van der Waals surface area contributed by atoms with Gasteiger partial charge in [0.25, 0.3) is 0 Å².